The molecule has 194 valence electrons. The van der Waals surface area contributed by atoms with Crippen LogP contribution in [0.5, 0.6) is 5.75 Å². The first-order valence-electron chi connectivity index (χ1n) is 11.3. The maximum absolute atomic E-state index is 13.2. The molecule has 2 aromatic carbocycles. The molecule has 1 N–H and O–H groups in total. The Morgan fingerprint density at radius 3 is 2.68 bits per heavy atom. The molecule has 0 spiro atoms. The van der Waals surface area contributed by atoms with Crippen LogP contribution in [-0.4, -0.2) is 52.6 Å². The fraction of sp³-hybridized carbons (Fsp3) is 0.280. The van der Waals surface area contributed by atoms with Gasteiger partial charge < -0.3 is 18.9 Å². The normalized spacial score (nSPS) is 15.8. The van der Waals surface area contributed by atoms with Crippen molar-refractivity contribution >= 4 is 35.0 Å². The fourth-order valence-corrected chi connectivity index (χ4v) is 4.24. The van der Waals surface area contributed by atoms with Crippen molar-refractivity contribution in [3.63, 3.8) is 0 Å². The van der Waals surface area contributed by atoms with E-state index in [1.54, 1.807) is 15.5 Å². The number of ether oxygens (including phenoxy) is 2. The molecule has 2 heterocycles. The van der Waals surface area contributed by atoms with Gasteiger partial charge in [-0.05, 0) is 49.2 Å². The predicted molar refractivity (Wildman–Crippen MR) is 127 cm³/mol. The monoisotopic (exact) mass is 516 g/mol. The highest BCUT2D eigenvalue weighted by Gasteiger charge is 2.32. The fourth-order valence-electron chi connectivity index (χ4n) is 4.24. The Morgan fingerprint density at radius 2 is 1.97 bits per heavy atom. The summed E-state index contributed by atoms with van der Waals surface area (Å²) in [6.07, 6.45) is -2.99. The number of hydrogen-bond acceptors (Lipinski definition) is 6. The minimum Gasteiger partial charge on any atom is -0.437 e. The summed E-state index contributed by atoms with van der Waals surface area (Å²) in [5, 5.41) is 2.61. The molecule has 37 heavy (non-hydrogen) atoms. The van der Waals surface area contributed by atoms with Crippen LogP contribution >= 0.6 is 0 Å². The first-order valence-corrected chi connectivity index (χ1v) is 11.3. The average Bonchev–Trinajstić information content (AvgIpc) is 3.24. The number of fused-ring (bicyclic) bond motifs is 1. The van der Waals surface area contributed by atoms with E-state index in [1.807, 2.05) is 0 Å². The van der Waals surface area contributed by atoms with E-state index in [0.29, 0.717) is 37.0 Å². The molecule has 0 unspecified atom stereocenters. The number of rotatable bonds is 5. The van der Waals surface area contributed by atoms with Gasteiger partial charge in [0.25, 0.3) is 5.91 Å². The Balaban J connectivity index is 1.73. The van der Waals surface area contributed by atoms with Crippen molar-refractivity contribution in [1.29, 1.82) is 0 Å². The lowest BCUT2D eigenvalue weighted by atomic mass is 10.0. The smallest absolute Gasteiger partial charge is 0.437 e. The van der Waals surface area contributed by atoms with E-state index in [0.717, 1.165) is 25.3 Å². The van der Waals surface area contributed by atoms with E-state index in [1.165, 1.54) is 24.3 Å². The zero-order valence-corrected chi connectivity index (χ0v) is 19.7. The second-order valence-corrected chi connectivity index (χ2v) is 8.33. The van der Waals surface area contributed by atoms with Crippen LogP contribution in [0.3, 0.4) is 0 Å². The van der Waals surface area contributed by atoms with Gasteiger partial charge in [0.1, 0.15) is 5.75 Å². The Kier molecular flexibility index (Phi) is 7.18. The van der Waals surface area contributed by atoms with Gasteiger partial charge in [0, 0.05) is 24.7 Å². The summed E-state index contributed by atoms with van der Waals surface area (Å²) in [5.74, 6) is -0.807. The number of aromatic nitrogens is 2. The van der Waals surface area contributed by atoms with Crippen LogP contribution in [0, 0.1) is 0 Å². The summed E-state index contributed by atoms with van der Waals surface area (Å²) in [6.45, 7) is 4.38. The molecule has 0 aliphatic carbocycles. The third kappa shape index (κ3) is 5.57. The Bertz CT molecular complexity index is 1370. The topological polar surface area (TPSA) is 103 Å². The van der Waals surface area contributed by atoms with E-state index < -0.39 is 23.8 Å². The minimum atomic E-state index is -4.61. The molecule has 2 amide bonds. The molecule has 1 aliphatic rings. The van der Waals surface area contributed by atoms with Gasteiger partial charge in [0.15, 0.2) is 0 Å². The van der Waals surface area contributed by atoms with Crippen molar-refractivity contribution in [2.45, 2.75) is 25.1 Å². The van der Waals surface area contributed by atoms with E-state index in [9.17, 15) is 27.6 Å². The van der Waals surface area contributed by atoms with Crippen molar-refractivity contribution < 1.29 is 37.0 Å². The number of amides is 2. The van der Waals surface area contributed by atoms with Gasteiger partial charge in [-0.3, -0.25) is 14.9 Å². The molecule has 3 aromatic rings. The number of alkyl halides is 3. The third-order valence-electron chi connectivity index (χ3n) is 5.95. The second-order valence-electron chi connectivity index (χ2n) is 8.33. The summed E-state index contributed by atoms with van der Waals surface area (Å²) in [6, 6.07) is 8.38. The van der Waals surface area contributed by atoms with Gasteiger partial charge in [0.2, 0.25) is 11.9 Å². The third-order valence-corrected chi connectivity index (χ3v) is 5.95. The number of nitrogens with one attached hydrogen (secondary N) is 1. The van der Waals surface area contributed by atoms with Crippen molar-refractivity contribution in [2.75, 3.05) is 25.5 Å². The molecule has 1 aliphatic heterocycles. The van der Waals surface area contributed by atoms with E-state index in [-0.39, 0.29) is 29.2 Å². The van der Waals surface area contributed by atoms with E-state index >= 15 is 0 Å². The van der Waals surface area contributed by atoms with E-state index in [2.05, 4.69) is 21.6 Å². The molecule has 1 fully saturated rings. The molecule has 0 radical (unpaired) electrons. The van der Waals surface area contributed by atoms with Crippen LogP contribution in [0.4, 0.5) is 23.9 Å². The number of benzene rings is 2. The largest absolute Gasteiger partial charge is 0.513 e. The van der Waals surface area contributed by atoms with Crippen LogP contribution in [0.25, 0.3) is 11.0 Å². The lowest BCUT2D eigenvalue weighted by Gasteiger charge is -2.33. The second kappa shape index (κ2) is 10.3. The standard InChI is InChI=1S/C25H23F3N4O5/c1-3-21(33)31-11-5-8-17(14-31)32-20-10-9-18(37-24(35)36-2)13-19(20)29-23(32)30-22(34)15-6-4-7-16(12-15)25(26,27)28/h3-4,6-7,9-10,12-13,17H,1,5,8,11,14H2,2H3,(H,29,30,34)/t17-/m1/s1. The summed E-state index contributed by atoms with van der Waals surface area (Å²) in [4.78, 5) is 42.8. The molecule has 12 heteroatoms. The van der Waals surface area contributed by atoms with Crippen molar-refractivity contribution in [2.24, 2.45) is 0 Å². The van der Waals surface area contributed by atoms with Crippen molar-refractivity contribution in [1.82, 2.24) is 14.5 Å². The summed E-state index contributed by atoms with van der Waals surface area (Å²) < 4.78 is 50.8. The first-order chi connectivity index (χ1) is 17.6. The number of imidazole rings is 1. The van der Waals surface area contributed by atoms with Gasteiger partial charge >= 0.3 is 12.3 Å². The van der Waals surface area contributed by atoms with Gasteiger partial charge in [-0.2, -0.15) is 13.2 Å². The lowest BCUT2D eigenvalue weighted by molar-refractivity contribution is -0.137. The SMILES string of the molecule is C=CC(=O)N1CCC[C@@H](n2c(NC(=O)c3cccc(C(F)(F)F)c3)nc3cc(OC(=O)OC)ccc32)C1. The highest BCUT2D eigenvalue weighted by atomic mass is 19.4. The van der Waals surface area contributed by atoms with Gasteiger partial charge in [-0.1, -0.05) is 12.6 Å². The molecular weight excluding hydrogens is 493 g/mol. The number of nitrogens with zero attached hydrogens (tertiary/aromatic N) is 3. The molecule has 0 saturated carbocycles. The number of likely N-dealkylation sites (tertiary alicyclic amines) is 1. The Hall–Kier alpha value is -4.35. The molecule has 1 atom stereocenters. The van der Waals surface area contributed by atoms with Crippen LogP contribution in [0.1, 0.15) is 34.8 Å². The maximum atomic E-state index is 13.2. The predicted octanol–water partition coefficient (Wildman–Crippen LogP) is 4.80. The summed E-state index contributed by atoms with van der Waals surface area (Å²) in [7, 11) is 1.16. The van der Waals surface area contributed by atoms with E-state index in [4.69, 9.17) is 4.74 Å². The highest BCUT2D eigenvalue weighted by molar-refractivity contribution is 6.04. The van der Waals surface area contributed by atoms with Crippen molar-refractivity contribution in [3.05, 3.63) is 66.2 Å². The number of halogens is 3. The zero-order valence-electron chi connectivity index (χ0n) is 19.7. The van der Waals surface area contributed by atoms with Gasteiger partial charge in [-0.15, -0.1) is 0 Å². The Morgan fingerprint density at radius 1 is 1.19 bits per heavy atom. The minimum absolute atomic E-state index is 0.0746. The lowest BCUT2D eigenvalue weighted by Crippen LogP contribution is -2.40. The van der Waals surface area contributed by atoms with Crippen LogP contribution in [-0.2, 0) is 15.7 Å². The highest BCUT2D eigenvalue weighted by Crippen LogP contribution is 2.33. The number of hydrogen-bond donors (Lipinski definition) is 1. The number of methoxy groups -OCH3 is 1. The van der Waals surface area contributed by atoms with Gasteiger partial charge in [0.05, 0.1) is 29.7 Å². The number of carbonyl (C=O) groups excluding carboxylic acids is 3. The number of piperidine rings is 1. The molecule has 1 aromatic heterocycles. The quantitative estimate of drug-likeness (QED) is 0.297. The summed E-state index contributed by atoms with van der Waals surface area (Å²) >= 11 is 0. The average molecular weight is 516 g/mol. The maximum Gasteiger partial charge on any atom is 0.513 e. The molecule has 1 saturated heterocycles. The number of carbonyl (C=O) groups is 3. The summed E-state index contributed by atoms with van der Waals surface area (Å²) in [5.41, 5.74) is -0.234. The molecule has 9 nitrogen and oxygen atoms in total. The van der Waals surface area contributed by atoms with Gasteiger partial charge in [-0.25, -0.2) is 9.78 Å². The molecule has 0 bridgehead atoms. The number of anilines is 1. The van der Waals surface area contributed by atoms with Crippen molar-refractivity contribution in [3.8, 4) is 5.75 Å². The van der Waals surface area contributed by atoms with Crippen LogP contribution in [0.15, 0.2) is 55.1 Å². The zero-order chi connectivity index (χ0) is 26.7. The Labute approximate surface area is 209 Å². The molecule has 4 rings (SSSR count). The van der Waals surface area contributed by atoms with Crippen LogP contribution in [0.2, 0.25) is 0 Å². The van der Waals surface area contributed by atoms with Crippen LogP contribution < -0.4 is 10.1 Å². The first kappa shape index (κ1) is 25.7. The molecular formula is C25H23F3N4O5.